The van der Waals surface area contributed by atoms with Crippen LogP contribution in [-0.4, -0.2) is 32.8 Å². The second kappa shape index (κ2) is 9.59. The molecule has 5 nitrogen and oxygen atoms in total. The Balaban J connectivity index is 0.00000484. The smallest absolute Gasteiger partial charge is 0.416 e. The van der Waals surface area contributed by atoms with Crippen molar-refractivity contribution in [2.75, 3.05) is 20.8 Å². The maximum atomic E-state index is 13.0. The molecule has 23 heavy (non-hydrogen) atoms. The summed E-state index contributed by atoms with van der Waals surface area (Å²) in [7, 11) is 2.70. The van der Waals surface area contributed by atoms with E-state index in [1.807, 2.05) is 0 Å². The van der Waals surface area contributed by atoms with Gasteiger partial charge in [0.2, 0.25) is 5.91 Å². The molecule has 0 aliphatic rings. The Morgan fingerprint density at radius 3 is 2.48 bits per heavy atom. The molecule has 0 aromatic heterocycles. The quantitative estimate of drug-likeness (QED) is 0.785. The predicted octanol–water partition coefficient (Wildman–Crippen LogP) is 2.12. The van der Waals surface area contributed by atoms with E-state index >= 15 is 0 Å². The van der Waals surface area contributed by atoms with Crippen LogP contribution in [0, 0.1) is 0 Å². The molecule has 0 saturated heterocycles. The highest BCUT2D eigenvalue weighted by Gasteiger charge is 2.33. The fourth-order valence-electron chi connectivity index (χ4n) is 1.84. The minimum absolute atomic E-state index is 0. The molecule has 0 radical (unpaired) electrons. The second-order valence-electron chi connectivity index (χ2n) is 4.60. The van der Waals surface area contributed by atoms with Crippen LogP contribution in [0.4, 0.5) is 13.2 Å². The van der Waals surface area contributed by atoms with Crippen LogP contribution in [0.5, 0.6) is 5.75 Å². The molecule has 0 spiro atoms. The van der Waals surface area contributed by atoms with Crippen molar-refractivity contribution in [1.29, 1.82) is 0 Å². The number of alkyl halides is 3. The van der Waals surface area contributed by atoms with Crippen LogP contribution < -0.4 is 15.8 Å². The maximum Gasteiger partial charge on any atom is 0.416 e. The number of hydrogen-bond donors (Lipinski definition) is 2. The number of methoxy groups -OCH3 is 2. The number of nitrogens with one attached hydrogen (secondary N) is 1. The van der Waals surface area contributed by atoms with E-state index in [4.69, 9.17) is 15.2 Å². The lowest BCUT2D eigenvalue weighted by Crippen LogP contribution is -2.32. The summed E-state index contributed by atoms with van der Waals surface area (Å²) in [6.45, 7) is -0.0844. The predicted molar refractivity (Wildman–Crippen MR) is 81.6 cm³/mol. The molecule has 1 rings (SSSR count). The zero-order valence-corrected chi connectivity index (χ0v) is 13.6. The Kier molecular flexibility index (Phi) is 8.96. The van der Waals surface area contributed by atoms with Crippen molar-refractivity contribution < 1.29 is 27.4 Å². The van der Waals surface area contributed by atoms with Crippen LogP contribution in [0.15, 0.2) is 18.2 Å². The van der Waals surface area contributed by atoms with Crippen LogP contribution in [0.1, 0.15) is 17.5 Å². The number of rotatable bonds is 7. The van der Waals surface area contributed by atoms with Crippen LogP contribution in [-0.2, 0) is 22.3 Å². The summed E-state index contributed by atoms with van der Waals surface area (Å²) < 4.78 is 48.8. The first kappa shape index (κ1) is 21.5. The van der Waals surface area contributed by atoms with Crippen molar-refractivity contribution in [3.63, 3.8) is 0 Å². The largest absolute Gasteiger partial charge is 0.497 e. The summed E-state index contributed by atoms with van der Waals surface area (Å²) in [5.74, 6) is -0.328. The van der Waals surface area contributed by atoms with E-state index in [-0.39, 0.29) is 43.2 Å². The van der Waals surface area contributed by atoms with Crippen LogP contribution >= 0.6 is 12.4 Å². The molecule has 0 aliphatic carbocycles. The lowest BCUT2D eigenvalue weighted by Gasteiger charge is -2.16. The van der Waals surface area contributed by atoms with Gasteiger partial charge in [-0.2, -0.15) is 13.2 Å². The molecule has 1 aromatic carbocycles. The number of benzene rings is 1. The maximum absolute atomic E-state index is 13.0. The van der Waals surface area contributed by atoms with Crippen LogP contribution in [0.2, 0.25) is 0 Å². The summed E-state index contributed by atoms with van der Waals surface area (Å²) in [6, 6.07) is 3.59. The van der Waals surface area contributed by atoms with Gasteiger partial charge in [0.1, 0.15) is 5.75 Å². The molecular formula is C14H20ClF3N2O3. The van der Waals surface area contributed by atoms with E-state index < -0.39 is 23.8 Å². The number of carbonyl (C=O) groups is 1. The van der Waals surface area contributed by atoms with E-state index in [1.54, 1.807) is 0 Å². The Bertz CT molecular complexity index is 509. The Morgan fingerprint density at radius 2 is 2.00 bits per heavy atom. The number of amides is 1. The van der Waals surface area contributed by atoms with Gasteiger partial charge in [0.25, 0.3) is 0 Å². The molecule has 1 unspecified atom stereocenters. The topological polar surface area (TPSA) is 73.6 Å². The normalized spacial score (nSPS) is 12.3. The third-order valence-electron chi connectivity index (χ3n) is 3.11. The lowest BCUT2D eigenvalue weighted by molar-refractivity contribution is -0.138. The first-order valence-electron chi connectivity index (χ1n) is 6.55. The van der Waals surface area contributed by atoms with E-state index in [1.165, 1.54) is 26.4 Å². The molecule has 0 fully saturated rings. The standard InChI is InChI=1S/C14H19F3N2O3.ClH/c1-21-10-4-3-9(12(5-10)14(15,16)17)8-19-13(20)6-11(7-18)22-2;/h3-5,11H,6-8,18H2,1-2H3,(H,19,20);1H. The van der Waals surface area contributed by atoms with Gasteiger partial charge in [0, 0.05) is 20.2 Å². The molecule has 9 heteroatoms. The summed E-state index contributed by atoms with van der Waals surface area (Å²) >= 11 is 0. The van der Waals surface area contributed by atoms with Gasteiger partial charge in [-0.15, -0.1) is 12.4 Å². The molecule has 0 bridgehead atoms. The number of carbonyl (C=O) groups excluding carboxylic acids is 1. The highest BCUT2D eigenvalue weighted by molar-refractivity contribution is 5.85. The van der Waals surface area contributed by atoms with Crippen molar-refractivity contribution in [2.45, 2.75) is 25.2 Å². The summed E-state index contributed by atoms with van der Waals surface area (Å²) in [6.07, 6.45) is -5.00. The highest BCUT2D eigenvalue weighted by Crippen LogP contribution is 2.34. The van der Waals surface area contributed by atoms with Crippen molar-refractivity contribution in [3.05, 3.63) is 29.3 Å². The monoisotopic (exact) mass is 356 g/mol. The van der Waals surface area contributed by atoms with Gasteiger partial charge in [0.15, 0.2) is 0 Å². The van der Waals surface area contributed by atoms with Gasteiger partial charge in [-0.05, 0) is 17.7 Å². The van der Waals surface area contributed by atoms with Crippen molar-refractivity contribution in [2.24, 2.45) is 5.73 Å². The molecule has 0 saturated carbocycles. The van der Waals surface area contributed by atoms with Gasteiger partial charge < -0.3 is 20.5 Å². The average Bonchev–Trinajstić information content (AvgIpc) is 2.49. The zero-order chi connectivity index (χ0) is 16.8. The fraction of sp³-hybridized carbons (Fsp3) is 0.500. The molecule has 132 valence electrons. The number of hydrogen-bond acceptors (Lipinski definition) is 4. The minimum Gasteiger partial charge on any atom is -0.497 e. The molecular weight excluding hydrogens is 337 g/mol. The Labute approximate surface area is 138 Å². The third-order valence-corrected chi connectivity index (χ3v) is 3.11. The SMILES string of the molecule is COc1ccc(CNC(=O)CC(CN)OC)c(C(F)(F)F)c1.Cl. The van der Waals surface area contributed by atoms with Crippen molar-refractivity contribution >= 4 is 18.3 Å². The second-order valence-corrected chi connectivity index (χ2v) is 4.60. The molecule has 1 aromatic rings. The molecule has 0 aliphatic heterocycles. The zero-order valence-electron chi connectivity index (χ0n) is 12.8. The summed E-state index contributed by atoms with van der Waals surface area (Å²) in [5, 5.41) is 2.43. The van der Waals surface area contributed by atoms with Gasteiger partial charge in [0.05, 0.1) is 25.2 Å². The number of nitrogens with two attached hydrogens (primary N) is 1. The lowest BCUT2D eigenvalue weighted by atomic mass is 10.1. The summed E-state index contributed by atoms with van der Waals surface area (Å²) in [4.78, 5) is 11.7. The Hall–Kier alpha value is -1.51. The first-order valence-corrected chi connectivity index (χ1v) is 6.55. The number of ether oxygens (including phenoxy) is 2. The highest BCUT2D eigenvalue weighted by atomic mass is 35.5. The van der Waals surface area contributed by atoms with E-state index in [0.717, 1.165) is 6.07 Å². The third kappa shape index (κ3) is 6.64. The fourth-order valence-corrected chi connectivity index (χ4v) is 1.84. The van der Waals surface area contributed by atoms with Crippen molar-refractivity contribution in [1.82, 2.24) is 5.32 Å². The van der Waals surface area contributed by atoms with E-state index in [0.29, 0.717) is 0 Å². The number of halogens is 4. The average molecular weight is 357 g/mol. The van der Waals surface area contributed by atoms with E-state index in [9.17, 15) is 18.0 Å². The van der Waals surface area contributed by atoms with Gasteiger partial charge in [-0.3, -0.25) is 4.79 Å². The van der Waals surface area contributed by atoms with E-state index in [2.05, 4.69) is 5.32 Å². The van der Waals surface area contributed by atoms with Gasteiger partial charge in [-0.25, -0.2) is 0 Å². The summed E-state index contributed by atoms with van der Waals surface area (Å²) in [5.41, 5.74) is 4.51. The molecule has 0 heterocycles. The van der Waals surface area contributed by atoms with Gasteiger partial charge >= 0.3 is 6.18 Å². The van der Waals surface area contributed by atoms with Gasteiger partial charge in [-0.1, -0.05) is 6.07 Å². The Morgan fingerprint density at radius 1 is 1.35 bits per heavy atom. The van der Waals surface area contributed by atoms with Crippen molar-refractivity contribution in [3.8, 4) is 5.75 Å². The minimum atomic E-state index is -4.53. The van der Waals surface area contributed by atoms with Crippen LogP contribution in [0.3, 0.4) is 0 Å². The molecule has 1 atom stereocenters. The van der Waals surface area contributed by atoms with Crippen LogP contribution in [0.25, 0.3) is 0 Å². The molecule has 3 N–H and O–H groups in total. The molecule has 1 amide bonds. The first-order chi connectivity index (χ1) is 10.3.